The van der Waals surface area contributed by atoms with Gasteiger partial charge in [-0.2, -0.15) is 0 Å². The van der Waals surface area contributed by atoms with Crippen LogP contribution in [-0.2, 0) is 12.1 Å². The van der Waals surface area contributed by atoms with Crippen LogP contribution in [0, 0.1) is 18.6 Å². The maximum Gasteiger partial charge on any atom is 0.270 e. The number of aliphatic hydroxyl groups excluding tert-OH is 2. The number of aryl methyl sites for hydroxylation is 1. The fraction of sp³-hybridized carbons (Fsp3) is 0.259. The fourth-order valence-corrected chi connectivity index (χ4v) is 4.89. The van der Waals surface area contributed by atoms with Crippen molar-refractivity contribution in [2.45, 2.75) is 44.1 Å². The van der Waals surface area contributed by atoms with E-state index in [-0.39, 0.29) is 23.6 Å². The van der Waals surface area contributed by atoms with E-state index in [0.29, 0.717) is 29.7 Å². The molecule has 2 heterocycles. The number of pyridine rings is 1. The summed E-state index contributed by atoms with van der Waals surface area (Å²) in [5.41, 5.74) is 0.222. The molecule has 5 rings (SSSR count). The summed E-state index contributed by atoms with van der Waals surface area (Å²) in [5.74, 6) is -1.68. The number of rotatable bonds is 6. The summed E-state index contributed by atoms with van der Waals surface area (Å²) in [5, 5.41) is 24.2. The maximum atomic E-state index is 14.0. The van der Waals surface area contributed by atoms with Gasteiger partial charge in [0.2, 0.25) is 0 Å². The standard InChI is InChI=1S/C27H25F2N3O4/c1-16-23(26(35)31-27(13-12-21(33)24(27)34)17-7-3-2-4-8-17)32-14-6-11-22(25(32)30-16)36-15-18-19(28)9-5-10-20(18)29/h2-11,14,21,24,33-34H,12-13,15H2,1H3,(H,31,35)/t21-,24-,27+/m1/s1. The zero-order valence-electron chi connectivity index (χ0n) is 19.5. The molecule has 9 heteroatoms. The number of hydrogen-bond acceptors (Lipinski definition) is 5. The van der Waals surface area contributed by atoms with E-state index in [1.807, 2.05) is 18.2 Å². The van der Waals surface area contributed by atoms with E-state index in [9.17, 15) is 23.8 Å². The van der Waals surface area contributed by atoms with E-state index < -0.39 is 35.3 Å². The monoisotopic (exact) mass is 493 g/mol. The Bertz CT molecular complexity index is 1410. The molecular formula is C27H25F2N3O4. The van der Waals surface area contributed by atoms with Gasteiger partial charge in [0.1, 0.15) is 30.0 Å². The van der Waals surface area contributed by atoms with Crippen molar-refractivity contribution in [3.63, 3.8) is 0 Å². The van der Waals surface area contributed by atoms with Crippen LogP contribution in [0.3, 0.4) is 0 Å². The molecule has 3 N–H and O–H groups in total. The van der Waals surface area contributed by atoms with E-state index in [1.165, 1.54) is 10.5 Å². The molecule has 1 aliphatic carbocycles. The van der Waals surface area contributed by atoms with Gasteiger partial charge in [-0.3, -0.25) is 9.20 Å². The highest BCUT2D eigenvalue weighted by molar-refractivity contribution is 5.95. The van der Waals surface area contributed by atoms with Crippen LogP contribution in [0.1, 0.15) is 40.2 Å². The van der Waals surface area contributed by atoms with Crippen LogP contribution >= 0.6 is 0 Å². The Hall–Kier alpha value is -3.82. The van der Waals surface area contributed by atoms with E-state index >= 15 is 0 Å². The highest BCUT2D eigenvalue weighted by Crippen LogP contribution is 2.39. The predicted octanol–water partition coefficient (Wildman–Crippen LogP) is 3.64. The molecule has 7 nitrogen and oxygen atoms in total. The number of hydrogen-bond donors (Lipinski definition) is 3. The minimum atomic E-state index is -1.20. The lowest BCUT2D eigenvalue weighted by molar-refractivity contribution is -0.00170. The number of fused-ring (bicyclic) bond motifs is 1. The number of ether oxygens (including phenoxy) is 1. The van der Waals surface area contributed by atoms with Gasteiger partial charge in [-0.25, -0.2) is 13.8 Å². The van der Waals surface area contributed by atoms with Crippen LogP contribution in [0.25, 0.3) is 5.65 Å². The molecule has 1 aliphatic rings. The molecule has 1 saturated carbocycles. The lowest BCUT2D eigenvalue weighted by Crippen LogP contribution is -2.53. The molecule has 1 fully saturated rings. The summed E-state index contributed by atoms with van der Waals surface area (Å²) < 4.78 is 35.3. The van der Waals surface area contributed by atoms with Crippen LogP contribution in [0.4, 0.5) is 8.78 Å². The molecule has 4 aromatic rings. The summed E-state index contributed by atoms with van der Waals surface area (Å²) in [7, 11) is 0. The van der Waals surface area contributed by atoms with Gasteiger partial charge in [-0.1, -0.05) is 36.4 Å². The minimum Gasteiger partial charge on any atom is -0.485 e. The number of halogens is 2. The number of carbonyl (C=O) groups excluding carboxylic acids is 1. The third-order valence-electron chi connectivity index (χ3n) is 6.77. The van der Waals surface area contributed by atoms with E-state index in [2.05, 4.69) is 10.3 Å². The average Bonchev–Trinajstić information content (AvgIpc) is 3.36. The SMILES string of the molecule is Cc1nc2c(OCc3c(F)cccc3F)cccn2c1C(=O)N[C@]1(c2ccccc2)CC[C@@H](O)[C@H]1O. The van der Waals surface area contributed by atoms with E-state index in [4.69, 9.17) is 4.74 Å². The van der Waals surface area contributed by atoms with Crippen molar-refractivity contribution in [2.24, 2.45) is 0 Å². The van der Waals surface area contributed by atoms with Gasteiger partial charge in [0.05, 0.1) is 22.9 Å². The Kier molecular flexibility index (Phi) is 6.19. The first-order valence-corrected chi connectivity index (χ1v) is 11.6. The second-order valence-electron chi connectivity index (χ2n) is 8.94. The molecule has 186 valence electrons. The Morgan fingerprint density at radius 2 is 1.83 bits per heavy atom. The Labute approximate surface area is 206 Å². The number of aromatic nitrogens is 2. The summed E-state index contributed by atoms with van der Waals surface area (Å²) in [6, 6.07) is 15.9. The van der Waals surface area contributed by atoms with Crippen molar-refractivity contribution in [2.75, 3.05) is 0 Å². The summed E-state index contributed by atoms with van der Waals surface area (Å²) in [6.45, 7) is 1.31. The summed E-state index contributed by atoms with van der Waals surface area (Å²) >= 11 is 0. The average molecular weight is 494 g/mol. The van der Waals surface area contributed by atoms with Crippen LogP contribution in [0.2, 0.25) is 0 Å². The normalized spacial score (nSPS) is 21.6. The first-order chi connectivity index (χ1) is 17.3. The molecule has 0 unspecified atom stereocenters. The van der Waals surface area contributed by atoms with Gasteiger partial charge in [-0.15, -0.1) is 0 Å². The van der Waals surface area contributed by atoms with Crippen molar-refractivity contribution in [1.29, 1.82) is 0 Å². The highest BCUT2D eigenvalue weighted by atomic mass is 19.1. The zero-order chi connectivity index (χ0) is 25.4. The molecule has 0 saturated heterocycles. The number of aliphatic hydroxyl groups is 2. The molecule has 1 amide bonds. The van der Waals surface area contributed by atoms with Crippen molar-refractivity contribution < 1.29 is 28.5 Å². The Balaban J connectivity index is 1.48. The number of nitrogens with zero attached hydrogens (tertiary/aromatic N) is 2. The van der Waals surface area contributed by atoms with Gasteiger partial charge in [0, 0.05) is 6.20 Å². The van der Waals surface area contributed by atoms with Crippen molar-refractivity contribution in [1.82, 2.24) is 14.7 Å². The number of benzene rings is 2. The molecule has 0 bridgehead atoms. The third kappa shape index (κ3) is 4.00. The first kappa shape index (κ1) is 23.9. The van der Waals surface area contributed by atoms with Crippen molar-refractivity contribution in [3.05, 3.63) is 101 Å². The number of amides is 1. The van der Waals surface area contributed by atoms with E-state index in [1.54, 1.807) is 37.4 Å². The van der Waals surface area contributed by atoms with Crippen LogP contribution < -0.4 is 10.1 Å². The fourth-order valence-electron chi connectivity index (χ4n) is 4.89. The number of imidazole rings is 1. The lowest BCUT2D eigenvalue weighted by Gasteiger charge is -2.35. The largest absolute Gasteiger partial charge is 0.485 e. The molecule has 0 aliphatic heterocycles. The molecule has 3 atom stereocenters. The van der Waals surface area contributed by atoms with Crippen molar-refractivity contribution >= 4 is 11.6 Å². The minimum absolute atomic E-state index is 0.209. The molecule has 36 heavy (non-hydrogen) atoms. The number of carbonyl (C=O) groups is 1. The van der Waals surface area contributed by atoms with Crippen LogP contribution in [-0.4, -0.2) is 37.7 Å². The second-order valence-corrected chi connectivity index (χ2v) is 8.94. The Morgan fingerprint density at radius 1 is 1.11 bits per heavy atom. The first-order valence-electron chi connectivity index (χ1n) is 11.6. The van der Waals surface area contributed by atoms with Gasteiger partial charge in [0.15, 0.2) is 11.4 Å². The topological polar surface area (TPSA) is 96.1 Å². The summed E-state index contributed by atoms with van der Waals surface area (Å²) in [6.07, 6.45) is 0.136. The maximum absolute atomic E-state index is 14.0. The van der Waals surface area contributed by atoms with Gasteiger partial charge in [0.25, 0.3) is 5.91 Å². The lowest BCUT2D eigenvalue weighted by atomic mass is 9.85. The van der Waals surface area contributed by atoms with Crippen LogP contribution in [0.5, 0.6) is 5.75 Å². The van der Waals surface area contributed by atoms with Gasteiger partial charge < -0.3 is 20.3 Å². The molecular weight excluding hydrogens is 468 g/mol. The van der Waals surface area contributed by atoms with Gasteiger partial charge >= 0.3 is 0 Å². The second kappa shape index (κ2) is 9.33. The molecule has 2 aromatic heterocycles. The molecule has 0 spiro atoms. The quantitative estimate of drug-likeness (QED) is 0.381. The van der Waals surface area contributed by atoms with Gasteiger partial charge in [-0.05, 0) is 49.6 Å². The third-order valence-corrected chi connectivity index (χ3v) is 6.77. The smallest absolute Gasteiger partial charge is 0.270 e. The highest BCUT2D eigenvalue weighted by Gasteiger charge is 2.50. The van der Waals surface area contributed by atoms with E-state index in [0.717, 1.165) is 12.1 Å². The molecule has 2 aromatic carbocycles. The van der Waals surface area contributed by atoms with Crippen molar-refractivity contribution in [3.8, 4) is 5.75 Å². The summed E-state index contributed by atoms with van der Waals surface area (Å²) in [4.78, 5) is 18.1. The number of nitrogens with one attached hydrogen (secondary N) is 1. The zero-order valence-corrected chi connectivity index (χ0v) is 19.5. The van der Waals surface area contributed by atoms with Crippen LogP contribution in [0.15, 0.2) is 66.9 Å². The predicted molar refractivity (Wildman–Crippen MR) is 127 cm³/mol. The Morgan fingerprint density at radius 3 is 2.50 bits per heavy atom. The molecule has 0 radical (unpaired) electrons.